The highest BCUT2D eigenvalue weighted by Gasteiger charge is 2.46. The third-order valence-electron chi connectivity index (χ3n) is 11.1. The second kappa shape index (κ2) is 11.1. The number of nitrogens with zero attached hydrogens (tertiary/aromatic N) is 4. The summed E-state index contributed by atoms with van der Waals surface area (Å²) in [4.78, 5) is 19.5. The number of hydrogen-bond acceptors (Lipinski definition) is 6. The smallest absolute Gasteiger partial charge is 0.218 e. The zero-order chi connectivity index (χ0) is 35.1. The summed E-state index contributed by atoms with van der Waals surface area (Å²) in [7, 11) is 0. The van der Waals surface area contributed by atoms with Crippen LogP contribution < -0.4 is 0 Å². The average Bonchev–Trinajstić information content (AvgIpc) is 3.46. The average molecular weight is 659 g/mol. The van der Waals surface area contributed by atoms with Gasteiger partial charge in [-0.2, -0.15) is 0 Å². The Morgan fingerprint density at radius 3 is 1.32 bits per heavy atom. The molecule has 250 valence electrons. The third kappa shape index (κ3) is 5.08. The van der Waals surface area contributed by atoms with Gasteiger partial charge in [-0.3, -0.25) is 9.97 Å². The molecular formula is C44H42N4O2. The maximum absolute atomic E-state index is 6.43. The van der Waals surface area contributed by atoms with E-state index < -0.39 is 11.2 Å². The lowest BCUT2D eigenvalue weighted by Crippen LogP contribution is -2.41. The van der Waals surface area contributed by atoms with Crippen LogP contribution in [0.25, 0.3) is 54.9 Å². The zero-order valence-electron chi connectivity index (χ0n) is 30.0. The summed E-state index contributed by atoms with van der Waals surface area (Å²) in [5.74, 6) is 1.24. The SMILES string of the molecule is CC1(C)N=C(c2cncc(-c3c4ccccc4c(-c4cncc(C5=NC(C)(C)C(C)(C)O5)c4)c4cc(-c5ccccc5)ccc34)c2)OC1(C)C. The summed E-state index contributed by atoms with van der Waals surface area (Å²) in [5, 5.41) is 4.49. The van der Waals surface area contributed by atoms with Crippen LogP contribution in [0, 0.1) is 0 Å². The number of benzene rings is 4. The summed E-state index contributed by atoms with van der Waals surface area (Å²) in [6.07, 6.45) is 7.59. The highest BCUT2D eigenvalue weighted by Crippen LogP contribution is 2.46. The van der Waals surface area contributed by atoms with Gasteiger partial charge in [-0.05, 0) is 117 Å². The van der Waals surface area contributed by atoms with Crippen molar-refractivity contribution >= 4 is 33.3 Å². The van der Waals surface area contributed by atoms with Crippen LogP contribution in [0.2, 0.25) is 0 Å². The normalized spacial score (nSPS) is 18.4. The molecule has 50 heavy (non-hydrogen) atoms. The molecule has 0 aliphatic carbocycles. The molecule has 8 rings (SSSR count). The molecule has 6 nitrogen and oxygen atoms in total. The molecule has 2 aliphatic rings. The second-order valence-corrected chi connectivity index (χ2v) is 15.5. The van der Waals surface area contributed by atoms with Crippen molar-refractivity contribution < 1.29 is 9.47 Å². The molecule has 0 fully saturated rings. The van der Waals surface area contributed by atoms with Gasteiger partial charge in [0.2, 0.25) is 11.8 Å². The zero-order valence-corrected chi connectivity index (χ0v) is 30.0. The lowest BCUT2D eigenvalue weighted by molar-refractivity contribution is 0.0618. The van der Waals surface area contributed by atoms with Crippen LogP contribution >= 0.6 is 0 Å². The first-order valence-corrected chi connectivity index (χ1v) is 17.3. The van der Waals surface area contributed by atoms with Crippen LogP contribution in [-0.4, -0.2) is 44.0 Å². The van der Waals surface area contributed by atoms with Crippen molar-refractivity contribution in [1.82, 2.24) is 9.97 Å². The number of aromatic nitrogens is 2. The predicted octanol–water partition coefficient (Wildman–Crippen LogP) is 10.5. The fraction of sp³-hybridized carbons (Fsp3) is 0.273. The maximum atomic E-state index is 6.43. The quantitative estimate of drug-likeness (QED) is 0.173. The summed E-state index contributed by atoms with van der Waals surface area (Å²) < 4.78 is 12.9. The molecule has 4 aromatic carbocycles. The van der Waals surface area contributed by atoms with Crippen molar-refractivity contribution in [3.63, 3.8) is 0 Å². The van der Waals surface area contributed by atoms with Crippen molar-refractivity contribution in [3.05, 3.63) is 121 Å². The Labute approximate surface area is 294 Å². The minimum Gasteiger partial charge on any atom is -0.469 e. The van der Waals surface area contributed by atoms with Crippen molar-refractivity contribution in [2.24, 2.45) is 9.98 Å². The first-order valence-electron chi connectivity index (χ1n) is 17.3. The lowest BCUT2D eigenvalue weighted by atomic mass is 9.85. The molecule has 0 saturated carbocycles. The monoisotopic (exact) mass is 658 g/mol. The lowest BCUT2D eigenvalue weighted by Gasteiger charge is -2.30. The van der Waals surface area contributed by atoms with E-state index in [0.29, 0.717) is 11.8 Å². The van der Waals surface area contributed by atoms with Crippen LogP contribution in [0.4, 0.5) is 0 Å². The summed E-state index contributed by atoms with van der Waals surface area (Å²) >= 11 is 0. The van der Waals surface area contributed by atoms with E-state index in [1.54, 1.807) is 0 Å². The van der Waals surface area contributed by atoms with Gasteiger partial charge in [0, 0.05) is 35.9 Å². The van der Waals surface area contributed by atoms with E-state index in [9.17, 15) is 0 Å². The number of ether oxygens (including phenoxy) is 2. The molecule has 4 heterocycles. The summed E-state index contributed by atoms with van der Waals surface area (Å²) in [5.41, 5.74) is 6.65. The summed E-state index contributed by atoms with van der Waals surface area (Å²) in [6, 6.07) is 30.2. The molecule has 0 radical (unpaired) electrons. The molecule has 0 amide bonds. The minimum absolute atomic E-state index is 0.365. The molecule has 6 aromatic rings. The van der Waals surface area contributed by atoms with Gasteiger partial charge in [-0.1, -0.05) is 66.7 Å². The minimum atomic E-state index is -0.437. The number of aliphatic imine (C=N–C) groups is 2. The first-order chi connectivity index (χ1) is 23.7. The van der Waals surface area contributed by atoms with Crippen molar-refractivity contribution in [1.29, 1.82) is 0 Å². The summed E-state index contributed by atoms with van der Waals surface area (Å²) in [6.45, 7) is 16.8. The fourth-order valence-electron chi connectivity index (χ4n) is 6.80. The van der Waals surface area contributed by atoms with E-state index >= 15 is 0 Å². The van der Waals surface area contributed by atoms with E-state index in [1.165, 1.54) is 0 Å². The molecule has 0 N–H and O–H groups in total. The maximum Gasteiger partial charge on any atom is 0.218 e. The van der Waals surface area contributed by atoms with Crippen LogP contribution in [-0.2, 0) is 9.47 Å². The Bertz CT molecular complexity index is 2390. The fourth-order valence-corrected chi connectivity index (χ4v) is 6.80. The van der Waals surface area contributed by atoms with Gasteiger partial charge in [0.05, 0.1) is 22.2 Å². The van der Waals surface area contributed by atoms with E-state index in [0.717, 1.165) is 66.1 Å². The molecule has 0 unspecified atom stereocenters. The van der Waals surface area contributed by atoms with Crippen molar-refractivity contribution in [2.45, 2.75) is 77.7 Å². The first kappa shape index (κ1) is 31.9. The van der Waals surface area contributed by atoms with Crippen molar-refractivity contribution in [2.75, 3.05) is 0 Å². The van der Waals surface area contributed by atoms with Crippen LogP contribution in [0.5, 0.6) is 0 Å². The Hall–Kier alpha value is -5.36. The number of hydrogen-bond donors (Lipinski definition) is 0. The van der Waals surface area contributed by atoms with E-state index in [-0.39, 0.29) is 11.1 Å². The Balaban J connectivity index is 1.38. The topological polar surface area (TPSA) is 69.0 Å². The van der Waals surface area contributed by atoms with E-state index in [1.807, 2.05) is 24.8 Å². The predicted molar refractivity (Wildman–Crippen MR) is 205 cm³/mol. The highest BCUT2D eigenvalue weighted by atomic mass is 16.5. The van der Waals surface area contributed by atoms with E-state index in [2.05, 4.69) is 140 Å². The molecule has 0 saturated heterocycles. The molecule has 0 atom stereocenters. The Morgan fingerprint density at radius 2 is 0.840 bits per heavy atom. The Morgan fingerprint density at radius 1 is 0.400 bits per heavy atom. The molecule has 0 spiro atoms. The number of fused-ring (bicyclic) bond motifs is 2. The van der Waals surface area contributed by atoms with Gasteiger partial charge >= 0.3 is 0 Å². The second-order valence-electron chi connectivity index (χ2n) is 15.5. The molecule has 0 bridgehead atoms. The van der Waals surface area contributed by atoms with Gasteiger partial charge in [0.1, 0.15) is 11.2 Å². The highest BCUT2D eigenvalue weighted by molar-refractivity contribution is 6.22. The van der Waals surface area contributed by atoms with Gasteiger partial charge in [0.15, 0.2) is 0 Å². The van der Waals surface area contributed by atoms with E-state index in [4.69, 9.17) is 29.4 Å². The number of rotatable bonds is 5. The van der Waals surface area contributed by atoms with Gasteiger partial charge < -0.3 is 9.47 Å². The Kier molecular flexibility index (Phi) is 7.06. The van der Waals surface area contributed by atoms with Crippen molar-refractivity contribution in [3.8, 4) is 33.4 Å². The van der Waals surface area contributed by atoms with Crippen LogP contribution in [0.3, 0.4) is 0 Å². The number of pyridine rings is 2. The molecule has 2 aliphatic heterocycles. The van der Waals surface area contributed by atoms with Gasteiger partial charge in [-0.15, -0.1) is 0 Å². The van der Waals surface area contributed by atoms with Crippen LogP contribution in [0.15, 0.2) is 120 Å². The molecular weight excluding hydrogens is 617 g/mol. The molecule has 2 aromatic heterocycles. The molecule has 6 heteroatoms. The standard InChI is InChI=1S/C44H42N4O2/c1-41(2)43(5,6)49-39(47-41)31-20-29(23-45-25-31)37-33-16-12-13-17-34(33)38(36-22-28(18-19-35(36)37)27-14-10-9-11-15-27)30-21-32(26-46-24-30)40-48-42(3,4)44(7,8)50-40/h9-26H,1-8H3. The largest absolute Gasteiger partial charge is 0.469 e. The van der Waals surface area contributed by atoms with Gasteiger partial charge in [0.25, 0.3) is 0 Å². The van der Waals surface area contributed by atoms with Gasteiger partial charge in [-0.25, -0.2) is 9.98 Å². The third-order valence-corrected chi connectivity index (χ3v) is 11.1. The van der Waals surface area contributed by atoms with Crippen LogP contribution in [0.1, 0.15) is 66.5 Å².